The summed E-state index contributed by atoms with van der Waals surface area (Å²) in [6.07, 6.45) is 9.86. The molecule has 0 fully saturated rings. The summed E-state index contributed by atoms with van der Waals surface area (Å²) < 4.78 is 4.23. The van der Waals surface area contributed by atoms with E-state index in [2.05, 4.69) is 46.7 Å². The second kappa shape index (κ2) is 22.5. The van der Waals surface area contributed by atoms with Gasteiger partial charge in [0.05, 0.1) is 39.0 Å². The zero-order chi connectivity index (χ0) is 52.5. The second-order valence-electron chi connectivity index (χ2n) is 17.9. The second-order valence-corrected chi connectivity index (χ2v) is 18.8. The molecule has 0 radical (unpaired) electrons. The highest BCUT2D eigenvalue weighted by Gasteiger charge is 2.32. The quantitative estimate of drug-likeness (QED) is 0.118. The van der Waals surface area contributed by atoms with E-state index in [1.54, 1.807) is 111 Å². The summed E-state index contributed by atoms with van der Waals surface area (Å²) >= 11 is 3.44. The Hall–Kier alpha value is -8.56. The van der Waals surface area contributed by atoms with Gasteiger partial charge in [0.25, 0.3) is 23.6 Å². The molecule has 4 amide bonds. The standard InChI is InChI=1S/C26H24N6O2.C18H16BrN5O.C8H10BNO3/c1-26(2,3)32(23-10-5-17(14-27)15-29-23)25(34)20-11-12-31-22(13-20)21(16-30-31)18-6-8-19(9-7-18)24(33)28-4;1-18(2,3)24(16-5-4-12(9-20)10-21-16)17(25)13-6-7-23-15(8-13)14(19)11-22-23;1-10-8(11)6-2-4-7(5-3-6)9(12)13/h5-13,15-16H,1-4H3,(H,28,33);4-8,10-11H,1-3H3;2-5,12-13H,1H3,(H,10,11). The van der Waals surface area contributed by atoms with Gasteiger partial charge in [-0.25, -0.2) is 19.0 Å². The van der Waals surface area contributed by atoms with Crippen LogP contribution in [0.5, 0.6) is 0 Å². The van der Waals surface area contributed by atoms with E-state index in [0.717, 1.165) is 26.6 Å². The van der Waals surface area contributed by atoms with Crippen LogP contribution in [0.4, 0.5) is 11.6 Å². The van der Waals surface area contributed by atoms with Gasteiger partial charge < -0.3 is 20.7 Å². The summed E-state index contributed by atoms with van der Waals surface area (Å²) in [6.45, 7) is 11.6. The molecule has 0 unspecified atom stereocenters. The van der Waals surface area contributed by atoms with Crippen molar-refractivity contribution in [1.82, 2.24) is 39.8 Å². The smallest absolute Gasteiger partial charge is 0.423 e. The minimum absolute atomic E-state index is 0.155. The molecule has 18 nitrogen and oxygen atoms in total. The lowest BCUT2D eigenvalue weighted by molar-refractivity contribution is 0.0955. The van der Waals surface area contributed by atoms with E-state index in [1.807, 2.05) is 65.8 Å². The summed E-state index contributed by atoms with van der Waals surface area (Å²) in [4.78, 5) is 61.6. The summed E-state index contributed by atoms with van der Waals surface area (Å²) in [7, 11) is 1.64. The van der Waals surface area contributed by atoms with Gasteiger partial charge in [-0.05, 0) is 141 Å². The van der Waals surface area contributed by atoms with Crippen molar-refractivity contribution in [3.63, 3.8) is 0 Å². The van der Waals surface area contributed by atoms with E-state index in [0.29, 0.717) is 50.5 Å². The van der Waals surface area contributed by atoms with Gasteiger partial charge in [0, 0.05) is 77.8 Å². The van der Waals surface area contributed by atoms with E-state index >= 15 is 0 Å². The number of halogens is 1. The molecular formula is C52H50BBrN12O6. The topological polar surface area (TPSA) is 247 Å². The molecule has 0 spiro atoms. The van der Waals surface area contributed by atoms with Gasteiger partial charge in [-0.2, -0.15) is 20.7 Å². The van der Waals surface area contributed by atoms with Crippen molar-refractivity contribution in [3.05, 3.63) is 172 Å². The molecule has 8 rings (SSSR count). The van der Waals surface area contributed by atoms with Crippen molar-refractivity contribution < 1.29 is 29.2 Å². The van der Waals surface area contributed by atoms with Crippen molar-refractivity contribution in [3.8, 4) is 23.3 Å². The van der Waals surface area contributed by atoms with Crippen LogP contribution in [0.1, 0.15) is 94.1 Å². The van der Waals surface area contributed by atoms with Crippen molar-refractivity contribution in [2.75, 3.05) is 23.9 Å². The zero-order valence-corrected chi connectivity index (χ0v) is 42.2. The molecule has 364 valence electrons. The average molecular weight is 1030 g/mol. The maximum absolute atomic E-state index is 13.7. The predicted octanol–water partition coefficient (Wildman–Crippen LogP) is 6.61. The van der Waals surface area contributed by atoms with Gasteiger partial charge in [-0.15, -0.1) is 0 Å². The molecule has 6 aromatic heterocycles. The molecule has 20 heteroatoms. The number of nitrogens with one attached hydrogen (secondary N) is 2. The number of hydrogen-bond donors (Lipinski definition) is 4. The number of anilines is 2. The number of pyridine rings is 4. The zero-order valence-electron chi connectivity index (χ0n) is 40.7. The lowest BCUT2D eigenvalue weighted by Gasteiger charge is -2.34. The van der Waals surface area contributed by atoms with Crippen molar-refractivity contribution in [1.29, 1.82) is 10.5 Å². The van der Waals surface area contributed by atoms with Crippen molar-refractivity contribution in [2.45, 2.75) is 52.6 Å². The molecule has 72 heavy (non-hydrogen) atoms. The van der Waals surface area contributed by atoms with Gasteiger partial charge in [-0.1, -0.05) is 24.3 Å². The van der Waals surface area contributed by atoms with Gasteiger partial charge in [0.1, 0.15) is 23.8 Å². The Morgan fingerprint density at radius 3 is 1.43 bits per heavy atom. The molecule has 0 atom stereocenters. The highest BCUT2D eigenvalue weighted by atomic mass is 79.9. The molecule has 0 aliphatic heterocycles. The normalized spacial score (nSPS) is 10.9. The molecule has 0 bridgehead atoms. The van der Waals surface area contributed by atoms with Crippen LogP contribution in [0.3, 0.4) is 0 Å². The molecule has 2 aromatic carbocycles. The van der Waals surface area contributed by atoms with E-state index in [4.69, 9.17) is 20.6 Å². The molecule has 4 N–H and O–H groups in total. The van der Waals surface area contributed by atoms with Gasteiger partial charge in [0.2, 0.25) is 0 Å². The van der Waals surface area contributed by atoms with E-state index < -0.39 is 18.2 Å². The molecule has 8 aromatic rings. The first-order valence-corrected chi connectivity index (χ1v) is 23.0. The molecular weight excluding hydrogens is 979 g/mol. The Morgan fingerprint density at radius 2 is 1.03 bits per heavy atom. The van der Waals surface area contributed by atoms with Crippen molar-refractivity contribution >= 4 is 74.8 Å². The lowest BCUT2D eigenvalue weighted by Crippen LogP contribution is -2.46. The Balaban J connectivity index is 0.000000195. The summed E-state index contributed by atoms with van der Waals surface area (Å²) in [6, 6.07) is 31.1. The first kappa shape index (κ1) is 52.8. The predicted molar refractivity (Wildman–Crippen MR) is 278 cm³/mol. The molecule has 0 saturated heterocycles. The number of hydrogen-bond acceptors (Lipinski definition) is 12. The molecule has 0 aliphatic carbocycles. The number of benzene rings is 2. The number of aromatic nitrogens is 6. The Labute approximate surface area is 424 Å². The Morgan fingerprint density at radius 1 is 0.597 bits per heavy atom. The third kappa shape index (κ3) is 12.2. The van der Waals surface area contributed by atoms with Crippen LogP contribution in [0.25, 0.3) is 22.2 Å². The van der Waals surface area contributed by atoms with Gasteiger partial charge >= 0.3 is 7.12 Å². The van der Waals surface area contributed by atoms with Crippen LogP contribution in [0, 0.1) is 22.7 Å². The Bertz CT molecular complexity index is 3330. The maximum Gasteiger partial charge on any atom is 0.488 e. The van der Waals surface area contributed by atoms with E-state index in [9.17, 15) is 19.2 Å². The van der Waals surface area contributed by atoms with Gasteiger partial charge in [-0.3, -0.25) is 29.0 Å². The number of nitrogens with zero attached hydrogens (tertiary/aromatic N) is 10. The highest BCUT2D eigenvalue weighted by molar-refractivity contribution is 9.10. The number of rotatable bonds is 8. The first-order valence-electron chi connectivity index (χ1n) is 22.2. The monoisotopic (exact) mass is 1030 g/mol. The largest absolute Gasteiger partial charge is 0.488 e. The third-order valence-electron chi connectivity index (χ3n) is 10.8. The number of fused-ring (bicyclic) bond motifs is 2. The van der Waals surface area contributed by atoms with E-state index in [-0.39, 0.29) is 23.6 Å². The highest BCUT2D eigenvalue weighted by Crippen LogP contribution is 2.30. The molecule has 0 aliphatic rings. The number of carbonyl (C=O) groups is 4. The fourth-order valence-corrected chi connectivity index (χ4v) is 7.64. The first-order chi connectivity index (χ1) is 34.2. The van der Waals surface area contributed by atoms with Crippen LogP contribution >= 0.6 is 15.9 Å². The van der Waals surface area contributed by atoms with Crippen LogP contribution in [0.15, 0.2) is 139 Å². The third-order valence-corrected chi connectivity index (χ3v) is 11.4. The van der Waals surface area contributed by atoms with Crippen LogP contribution in [-0.2, 0) is 0 Å². The minimum atomic E-state index is -1.49. The van der Waals surface area contributed by atoms with Gasteiger partial charge in [0.15, 0.2) is 0 Å². The fraction of sp³-hybridized carbons (Fsp3) is 0.192. The number of nitriles is 2. The SMILES string of the molecule is CC(C)(C)N(C(=O)c1ccn2ncc(Br)c2c1)c1ccc(C#N)cn1.CNC(=O)c1ccc(-c2cnn3ccc(C(=O)N(c4ccc(C#N)cn4)C(C)(C)C)cc23)cc1.CNC(=O)c1ccc(B(O)O)cc1. The Kier molecular flexibility index (Phi) is 16.5. The molecule has 6 heterocycles. The van der Waals surface area contributed by atoms with Crippen molar-refractivity contribution in [2.24, 2.45) is 0 Å². The summed E-state index contributed by atoms with van der Waals surface area (Å²) in [5.74, 6) is 0.241. The van der Waals surface area contributed by atoms with E-state index in [1.165, 1.54) is 43.7 Å². The number of carbonyl (C=O) groups excluding carboxylic acids is 4. The minimum Gasteiger partial charge on any atom is -0.423 e. The molecule has 0 saturated carbocycles. The van der Waals surface area contributed by atoms with Crippen LogP contribution in [-0.4, -0.2) is 95.2 Å². The van der Waals surface area contributed by atoms with Crippen LogP contribution in [0.2, 0.25) is 0 Å². The average Bonchev–Trinajstić information content (AvgIpc) is 3.98. The fourth-order valence-electron chi connectivity index (χ4n) is 7.25. The lowest BCUT2D eigenvalue weighted by atomic mass is 9.80. The maximum atomic E-state index is 13.7. The summed E-state index contributed by atoms with van der Waals surface area (Å²) in [5.41, 5.74) is 5.59. The number of amides is 4. The van der Waals surface area contributed by atoms with Crippen LogP contribution < -0.4 is 25.9 Å². The summed E-state index contributed by atoms with van der Waals surface area (Å²) in [5, 5.41) is 49.2.